The molecular formula is C9H4F4N2O. The molecule has 0 saturated carbocycles. The van der Waals surface area contributed by atoms with Crippen LogP contribution in [0.4, 0.5) is 23.2 Å². The average molecular weight is 232 g/mol. The molecule has 0 radical (unpaired) electrons. The van der Waals surface area contributed by atoms with Crippen LogP contribution in [0.15, 0.2) is 18.2 Å². The molecule has 7 heteroatoms. The zero-order chi connectivity index (χ0) is 12.3. The minimum Gasteiger partial charge on any atom is -0.318 e. The predicted molar refractivity (Wildman–Crippen MR) is 45.8 cm³/mol. The van der Waals surface area contributed by atoms with Gasteiger partial charge >= 0.3 is 12.1 Å². The van der Waals surface area contributed by atoms with E-state index in [2.05, 4.69) is 0 Å². The van der Waals surface area contributed by atoms with Gasteiger partial charge in [-0.3, -0.25) is 4.79 Å². The number of hydrogen-bond acceptors (Lipinski definition) is 2. The number of carbonyl (C=O) groups excluding carboxylic acids is 1. The van der Waals surface area contributed by atoms with Crippen molar-refractivity contribution in [3.05, 3.63) is 29.6 Å². The van der Waals surface area contributed by atoms with Crippen molar-refractivity contribution in [2.24, 2.45) is 0 Å². The smallest absolute Gasteiger partial charge is 0.318 e. The summed E-state index contributed by atoms with van der Waals surface area (Å²) < 4.78 is 48.3. The molecule has 1 amide bonds. The molecule has 0 spiro atoms. The first-order valence-electron chi connectivity index (χ1n) is 3.92. The number of amides is 1. The third-order valence-corrected chi connectivity index (χ3v) is 1.60. The fourth-order valence-electron chi connectivity index (χ4n) is 0.891. The summed E-state index contributed by atoms with van der Waals surface area (Å²) >= 11 is 0. The topological polar surface area (TPSA) is 52.9 Å². The Hall–Kier alpha value is -2.10. The molecule has 0 heterocycles. The number of nitriles is 1. The van der Waals surface area contributed by atoms with E-state index in [1.807, 2.05) is 0 Å². The number of benzene rings is 1. The van der Waals surface area contributed by atoms with Crippen LogP contribution in [0.5, 0.6) is 0 Å². The lowest BCUT2D eigenvalue weighted by atomic mass is 10.2. The molecular weight excluding hydrogens is 228 g/mol. The molecule has 1 aromatic carbocycles. The molecule has 3 nitrogen and oxygen atoms in total. The monoisotopic (exact) mass is 232 g/mol. The van der Waals surface area contributed by atoms with Crippen molar-refractivity contribution in [1.29, 1.82) is 5.26 Å². The second kappa shape index (κ2) is 4.18. The van der Waals surface area contributed by atoms with Crippen LogP contribution in [0.25, 0.3) is 0 Å². The third kappa shape index (κ3) is 2.70. The molecule has 0 unspecified atom stereocenters. The average Bonchev–Trinajstić information content (AvgIpc) is 2.19. The van der Waals surface area contributed by atoms with Crippen molar-refractivity contribution >= 4 is 11.6 Å². The van der Waals surface area contributed by atoms with Gasteiger partial charge in [-0.15, -0.1) is 0 Å². The van der Waals surface area contributed by atoms with E-state index in [1.54, 1.807) is 0 Å². The van der Waals surface area contributed by atoms with Crippen molar-refractivity contribution in [3.63, 3.8) is 0 Å². The number of halogens is 4. The first-order chi connectivity index (χ1) is 7.34. The summed E-state index contributed by atoms with van der Waals surface area (Å²) in [6, 6.07) is 3.99. The number of alkyl halides is 3. The van der Waals surface area contributed by atoms with Crippen LogP contribution in [0.3, 0.4) is 0 Å². The summed E-state index contributed by atoms with van der Waals surface area (Å²) in [7, 11) is 0. The van der Waals surface area contributed by atoms with Gasteiger partial charge in [0.05, 0.1) is 5.56 Å². The molecule has 0 saturated heterocycles. The second-order valence-electron chi connectivity index (χ2n) is 2.76. The van der Waals surface area contributed by atoms with Crippen molar-refractivity contribution in [2.75, 3.05) is 5.32 Å². The number of nitrogens with zero attached hydrogens (tertiary/aromatic N) is 1. The van der Waals surface area contributed by atoms with Crippen LogP contribution in [0.1, 0.15) is 5.56 Å². The quantitative estimate of drug-likeness (QED) is 0.754. The van der Waals surface area contributed by atoms with Gasteiger partial charge in [0.15, 0.2) is 0 Å². The van der Waals surface area contributed by atoms with Gasteiger partial charge < -0.3 is 5.32 Å². The zero-order valence-corrected chi connectivity index (χ0v) is 7.60. The van der Waals surface area contributed by atoms with Crippen LogP contribution >= 0.6 is 0 Å². The fraction of sp³-hybridized carbons (Fsp3) is 0.111. The molecule has 0 bridgehead atoms. The van der Waals surface area contributed by atoms with Gasteiger partial charge in [-0.05, 0) is 18.2 Å². The van der Waals surface area contributed by atoms with E-state index in [1.165, 1.54) is 11.4 Å². The predicted octanol–water partition coefficient (Wildman–Crippen LogP) is 2.20. The largest absolute Gasteiger partial charge is 0.471 e. The second-order valence-corrected chi connectivity index (χ2v) is 2.76. The van der Waals surface area contributed by atoms with E-state index in [9.17, 15) is 22.4 Å². The number of carbonyl (C=O) groups is 1. The normalized spacial score (nSPS) is 10.7. The third-order valence-electron chi connectivity index (χ3n) is 1.60. The van der Waals surface area contributed by atoms with E-state index in [0.29, 0.717) is 0 Å². The fourth-order valence-corrected chi connectivity index (χ4v) is 0.891. The van der Waals surface area contributed by atoms with Gasteiger partial charge in [0.1, 0.15) is 11.9 Å². The van der Waals surface area contributed by atoms with Gasteiger partial charge in [0.25, 0.3) is 0 Å². The Labute approximate surface area is 87.3 Å². The molecule has 0 aliphatic rings. The van der Waals surface area contributed by atoms with Gasteiger partial charge in [-0.1, -0.05) is 0 Å². The van der Waals surface area contributed by atoms with Gasteiger partial charge in [0.2, 0.25) is 0 Å². The summed E-state index contributed by atoms with van der Waals surface area (Å²) in [5.41, 5.74) is -0.736. The van der Waals surface area contributed by atoms with Crippen molar-refractivity contribution < 1.29 is 22.4 Å². The maximum absolute atomic E-state index is 12.8. The highest BCUT2D eigenvalue weighted by Gasteiger charge is 2.38. The Kier molecular flexibility index (Phi) is 3.13. The standard InChI is InChI=1S/C9H4F4N2O/c10-7-2-1-6(3-5(7)4-14)15-8(16)9(11,12)13/h1-3H,(H,15,16). The summed E-state index contributed by atoms with van der Waals surface area (Å²) in [5.74, 6) is -3.05. The Morgan fingerprint density at radius 1 is 1.38 bits per heavy atom. The van der Waals surface area contributed by atoms with E-state index >= 15 is 0 Å². The van der Waals surface area contributed by atoms with Crippen LogP contribution in [-0.2, 0) is 4.79 Å². The van der Waals surface area contributed by atoms with Gasteiger partial charge in [-0.25, -0.2) is 4.39 Å². The van der Waals surface area contributed by atoms with E-state index < -0.39 is 23.5 Å². The first kappa shape index (κ1) is 12.0. The molecule has 0 atom stereocenters. The van der Waals surface area contributed by atoms with E-state index in [4.69, 9.17) is 5.26 Å². The maximum atomic E-state index is 12.8. The van der Waals surface area contributed by atoms with Gasteiger partial charge in [0, 0.05) is 5.69 Å². The molecule has 0 fully saturated rings. The van der Waals surface area contributed by atoms with Crippen molar-refractivity contribution in [1.82, 2.24) is 0 Å². The number of hydrogen-bond donors (Lipinski definition) is 1. The molecule has 0 aliphatic carbocycles. The highest BCUT2D eigenvalue weighted by atomic mass is 19.4. The van der Waals surface area contributed by atoms with Crippen LogP contribution < -0.4 is 5.32 Å². The minimum absolute atomic E-state index is 0.291. The van der Waals surface area contributed by atoms with Crippen molar-refractivity contribution in [2.45, 2.75) is 6.18 Å². The highest BCUT2D eigenvalue weighted by molar-refractivity contribution is 5.95. The van der Waals surface area contributed by atoms with Gasteiger partial charge in [-0.2, -0.15) is 18.4 Å². The van der Waals surface area contributed by atoms with Crippen molar-refractivity contribution in [3.8, 4) is 6.07 Å². The Morgan fingerprint density at radius 2 is 2.00 bits per heavy atom. The summed E-state index contributed by atoms with van der Waals surface area (Å²) in [6.07, 6.45) is -5.03. The molecule has 1 aromatic rings. The lowest BCUT2D eigenvalue weighted by molar-refractivity contribution is -0.167. The van der Waals surface area contributed by atoms with Crippen LogP contribution in [-0.4, -0.2) is 12.1 Å². The van der Waals surface area contributed by atoms with Crippen LogP contribution in [0, 0.1) is 17.1 Å². The molecule has 84 valence electrons. The van der Waals surface area contributed by atoms with E-state index in [-0.39, 0.29) is 5.69 Å². The van der Waals surface area contributed by atoms with E-state index in [0.717, 1.165) is 18.2 Å². The number of rotatable bonds is 1. The Bertz CT molecular complexity index is 462. The first-order valence-corrected chi connectivity index (χ1v) is 3.92. The molecule has 16 heavy (non-hydrogen) atoms. The number of anilines is 1. The Morgan fingerprint density at radius 3 is 2.50 bits per heavy atom. The lowest BCUT2D eigenvalue weighted by Crippen LogP contribution is -2.29. The SMILES string of the molecule is N#Cc1cc(NC(=O)C(F)(F)F)ccc1F. The summed E-state index contributed by atoms with van der Waals surface area (Å²) in [6.45, 7) is 0. The minimum atomic E-state index is -5.03. The Balaban J connectivity index is 2.92. The number of nitrogens with one attached hydrogen (secondary N) is 1. The lowest BCUT2D eigenvalue weighted by Gasteiger charge is -2.07. The molecule has 0 aliphatic heterocycles. The molecule has 1 N–H and O–H groups in total. The summed E-state index contributed by atoms with van der Waals surface area (Å²) in [4.78, 5) is 10.5. The summed E-state index contributed by atoms with van der Waals surface area (Å²) in [5, 5.41) is 9.91. The molecule has 1 rings (SSSR count). The highest BCUT2D eigenvalue weighted by Crippen LogP contribution is 2.19. The maximum Gasteiger partial charge on any atom is 0.471 e. The molecule has 0 aromatic heterocycles. The van der Waals surface area contributed by atoms with Crippen LogP contribution in [0.2, 0.25) is 0 Å². The zero-order valence-electron chi connectivity index (χ0n) is 7.60.